The summed E-state index contributed by atoms with van der Waals surface area (Å²) >= 11 is 3.46. The maximum absolute atomic E-state index is 6.18. The van der Waals surface area contributed by atoms with Gasteiger partial charge in [-0.2, -0.15) is 0 Å². The van der Waals surface area contributed by atoms with E-state index in [1.807, 2.05) is 36.4 Å². The van der Waals surface area contributed by atoms with Gasteiger partial charge in [-0.3, -0.25) is 4.98 Å². The molecule has 2 N–H and O–H groups in total. The van der Waals surface area contributed by atoms with E-state index in [9.17, 15) is 0 Å². The van der Waals surface area contributed by atoms with E-state index in [2.05, 4.69) is 20.9 Å². The molecule has 0 bridgehead atoms. The Morgan fingerprint density at radius 1 is 1.10 bits per heavy atom. The van der Waals surface area contributed by atoms with Crippen LogP contribution in [0.3, 0.4) is 0 Å². The molecule has 2 aromatic carbocycles. The standard InChI is InChI=1S/C16H13BrN2O2/c1-20-11-3-5-14(13(17)8-11)21-15-4-2-10-9-19-7-6-12(10)16(15)18/h2-9H,18H2,1H3. The Hall–Kier alpha value is -2.27. The van der Waals surface area contributed by atoms with Crippen LogP contribution in [0.2, 0.25) is 0 Å². The Kier molecular flexibility index (Phi) is 3.66. The van der Waals surface area contributed by atoms with Gasteiger partial charge >= 0.3 is 0 Å². The number of aromatic nitrogens is 1. The molecular formula is C16H13BrN2O2. The third-order valence-electron chi connectivity index (χ3n) is 3.18. The number of hydrogen-bond donors (Lipinski definition) is 1. The maximum atomic E-state index is 6.18. The van der Waals surface area contributed by atoms with Crippen molar-refractivity contribution in [1.29, 1.82) is 0 Å². The number of fused-ring (bicyclic) bond motifs is 1. The predicted octanol–water partition coefficient (Wildman–Crippen LogP) is 4.38. The summed E-state index contributed by atoms with van der Waals surface area (Å²) in [7, 11) is 1.62. The van der Waals surface area contributed by atoms with Crippen molar-refractivity contribution >= 4 is 32.4 Å². The average molecular weight is 345 g/mol. The number of anilines is 1. The molecular weight excluding hydrogens is 332 g/mol. The number of halogens is 1. The number of methoxy groups -OCH3 is 1. The fourth-order valence-corrected chi connectivity index (χ4v) is 2.51. The van der Waals surface area contributed by atoms with Crippen LogP contribution < -0.4 is 15.2 Å². The minimum atomic E-state index is 0.595. The topological polar surface area (TPSA) is 57.4 Å². The molecule has 0 radical (unpaired) electrons. The van der Waals surface area contributed by atoms with E-state index >= 15 is 0 Å². The summed E-state index contributed by atoms with van der Waals surface area (Å²) in [5, 5.41) is 1.91. The van der Waals surface area contributed by atoms with Crippen molar-refractivity contribution in [3.05, 3.63) is 53.3 Å². The number of benzene rings is 2. The molecule has 0 unspecified atom stereocenters. The molecule has 3 aromatic rings. The van der Waals surface area contributed by atoms with Crippen LogP contribution in [0, 0.1) is 0 Å². The fraction of sp³-hybridized carbons (Fsp3) is 0.0625. The van der Waals surface area contributed by atoms with Gasteiger partial charge < -0.3 is 15.2 Å². The average Bonchev–Trinajstić information content (AvgIpc) is 2.52. The number of nitrogens with zero attached hydrogens (tertiary/aromatic N) is 1. The first-order valence-electron chi connectivity index (χ1n) is 6.32. The molecule has 3 rings (SSSR count). The van der Waals surface area contributed by atoms with Crippen LogP contribution in [0.5, 0.6) is 17.2 Å². The Bertz CT molecular complexity index is 805. The van der Waals surface area contributed by atoms with Crippen molar-refractivity contribution in [3.63, 3.8) is 0 Å². The van der Waals surface area contributed by atoms with Crippen LogP contribution >= 0.6 is 15.9 Å². The molecule has 0 aliphatic carbocycles. The molecule has 0 spiro atoms. The smallest absolute Gasteiger partial charge is 0.151 e. The maximum Gasteiger partial charge on any atom is 0.151 e. The lowest BCUT2D eigenvalue weighted by Gasteiger charge is -2.12. The Morgan fingerprint density at radius 3 is 2.67 bits per heavy atom. The van der Waals surface area contributed by atoms with E-state index in [4.69, 9.17) is 15.2 Å². The number of ether oxygens (including phenoxy) is 2. The van der Waals surface area contributed by atoms with Crippen LogP contribution in [0.25, 0.3) is 10.8 Å². The minimum Gasteiger partial charge on any atom is -0.497 e. The van der Waals surface area contributed by atoms with E-state index in [1.54, 1.807) is 19.5 Å². The lowest BCUT2D eigenvalue weighted by atomic mass is 10.1. The lowest BCUT2D eigenvalue weighted by molar-refractivity contribution is 0.412. The molecule has 4 nitrogen and oxygen atoms in total. The van der Waals surface area contributed by atoms with Crippen molar-refractivity contribution in [2.24, 2.45) is 0 Å². The highest BCUT2D eigenvalue weighted by molar-refractivity contribution is 9.10. The Balaban J connectivity index is 2.00. The van der Waals surface area contributed by atoms with E-state index in [-0.39, 0.29) is 0 Å². The van der Waals surface area contributed by atoms with Gasteiger partial charge in [0.25, 0.3) is 0 Å². The van der Waals surface area contributed by atoms with Gasteiger partial charge in [-0.05, 0) is 52.3 Å². The highest BCUT2D eigenvalue weighted by atomic mass is 79.9. The van der Waals surface area contributed by atoms with Crippen molar-refractivity contribution in [2.45, 2.75) is 0 Å². The van der Waals surface area contributed by atoms with Gasteiger partial charge in [0, 0.05) is 23.2 Å². The fourth-order valence-electron chi connectivity index (χ4n) is 2.07. The van der Waals surface area contributed by atoms with Crippen molar-refractivity contribution in [2.75, 3.05) is 12.8 Å². The molecule has 1 heterocycles. The van der Waals surface area contributed by atoms with E-state index < -0.39 is 0 Å². The summed E-state index contributed by atoms with van der Waals surface area (Å²) in [5.41, 5.74) is 6.78. The van der Waals surface area contributed by atoms with Crippen molar-refractivity contribution in [3.8, 4) is 17.2 Å². The number of rotatable bonds is 3. The van der Waals surface area contributed by atoms with Crippen LogP contribution in [-0.4, -0.2) is 12.1 Å². The van der Waals surface area contributed by atoms with Crippen LogP contribution in [0.1, 0.15) is 0 Å². The quantitative estimate of drug-likeness (QED) is 0.716. The number of pyridine rings is 1. The Morgan fingerprint density at radius 2 is 1.90 bits per heavy atom. The first-order valence-corrected chi connectivity index (χ1v) is 7.12. The van der Waals surface area contributed by atoms with E-state index in [0.29, 0.717) is 17.2 Å². The molecule has 1 aromatic heterocycles. The van der Waals surface area contributed by atoms with Crippen molar-refractivity contribution in [1.82, 2.24) is 4.98 Å². The van der Waals surface area contributed by atoms with E-state index in [0.717, 1.165) is 21.0 Å². The summed E-state index contributed by atoms with van der Waals surface area (Å²) in [6.45, 7) is 0. The van der Waals surface area contributed by atoms with Gasteiger partial charge in [-0.1, -0.05) is 0 Å². The number of nitrogens with two attached hydrogens (primary N) is 1. The van der Waals surface area contributed by atoms with Gasteiger partial charge in [-0.25, -0.2) is 0 Å². The highest BCUT2D eigenvalue weighted by Crippen LogP contribution is 2.37. The van der Waals surface area contributed by atoms with Crippen LogP contribution in [0.4, 0.5) is 5.69 Å². The largest absolute Gasteiger partial charge is 0.497 e. The lowest BCUT2D eigenvalue weighted by Crippen LogP contribution is -1.94. The van der Waals surface area contributed by atoms with Gasteiger partial charge in [0.2, 0.25) is 0 Å². The zero-order valence-corrected chi connectivity index (χ0v) is 12.9. The number of hydrogen-bond acceptors (Lipinski definition) is 4. The third-order valence-corrected chi connectivity index (χ3v) is 3.80. The molecule has 106 valence electrons. The summed E-state index contributed by atoms with van der Waals surface area (Å²) in [6, 6.07) is 11.2. The molecule has 0 aliphatic rings. The molecule has 0 saturated heterocycles. The predicted molar refractivity (Wildman–Crippen MR) is 86.9 cm³/mol. The molecule has 21 heavy (non-hydrogen) atoms. The van der Waals surface area contributed by atoms with E-state index in [1.165, 1.54) is 0 Å². The number of nitrogen functional groups attached to an aromatic ring is 1. The molecule has 0 fully saturated rings. The SMILES string of the molecule is COc1ccc(Oc2ccc3cnccc3c2N)c(Br)c1. The van der Waals surface area contributed by atoms with Crippen LogP contribution in [0.15, 0.2) is 53.3 Å². The summed E-state index contributed by atoms with van der Waals surface area (Å²) < 4.78 is 11.9. The van der Waals surface area contributed by atoms with Crippen LogP contribution in [-0.2, 0) is 0 Å². The second-order valence-corrected chi connectivity index (χ2v) is 5.33. The molecule has 0 aliphatic heterocycles. The molecule has 0 saturated carbocycles. The first-order chi connectivity index (χ1) is 10.2. The molecule has 0 amide bonds. The molecule has 5 heteroatoms. The summed E-state index contributed by atoms with van der Waals surface area (Å²) in [4.78, 5) is 4.08. The van der Waals surface area contributed by atoms with Gasteiger partial charge in [-0.15, -0.1) is 0 Å². The van der Waals surface area contributed by atoms with Gasteiger partial charge in [0.15, 0.2) is 5.75 Å². The van der Waals surface area contributed by atoms with Crippen molar-refractivity contribution < 1.29 is 9.47 Å². The minimum absolute atomic E-state index is 0.595. The first kappa shape index (κ1) is 13.7. The Labute approximate surface area is 130 Å². The summed E-state index contributed by atoms with van der Waals surface area (Å²) in [5.74, 6) is 2.04. The monoisotopic (exact) mass is 344 g/mol. The normalized spacial score (nSPS) is 10.6. The zero-order valence-electron chi connectivity index (χ0n) is 11.3. The second kappa shape index (κ2) is 5.61. The third kappa shape index (κ3) is 2.64. The van der Waals surface area contributed by atoms with Gasteiger partial charge in [0.1, 0.15) is 11.5 Å². The van der Waals surface area contributed by atoms with Gasteiger partial charge in [0.05, 0.1) is 17.3 Å². The summed E-state index contributed by atoms with van der Waals surface area (Å²) in [6.07, 6.45) is 3.49. The molecule has 0 atom stereocenters. The second-order valence-electron chi connectivity index (χ2n) is 4.47. The zero-order chi connectivity index (χ0) is 14.8. The highest BCUT2D eigenvalue weighted by Gasteiger charge is 2.09.